The fourth-order valence-electron chi connectivity index (χ4n) is 1.51. The highest BCUT2D eigenvalue weighted by atomic mass is 19.3. The third kappa shape index (κ3) is 1.81. The third-order valence-electron chi connectivity index (χ3n) is 2.34. The van der Waals surface area contributed by atoms with Crippen LogP contribution in [0.5, 0.6) is 11.5 Å². The number of hydrogen-bond donors (Lipinski definition) is 2. The molecule has 1 aliphatic heterocycles. The first-order valence-electron chi connectivity index (χ1n) is 4.73. The van der Waals surface area contributed by atoms with E-state index in [1.54, 1.807) is 0 Å². The van der Waals surface area contributed by atoms with E-state index in [0.29, 0.717) is 5.56 Å². The number of nitrogens with two attached hydrogens (primary N) is 1. The molecule has 4 nitrogen and oxygen atoms in total. The van der Waals surface area contributed by atoms with Gasteiger partial charge in [0.25, 0.3) is 0 Å². The van der Waals surface area contributed by atoms with Crippen molar-refractivity contribution in [3.05, 3.63) is 23.8 Å². The van der Waals surface area contributed by atoms with Gasteiger partial charge in [-0.25, -0.2) is 0 Å². The van der Waals surface area contributed by atoms with E-state index >= 15 is 0 Å². The molecule has 1 aromatic rings. The van der Waals surface area contributed by atoms with Crippen LogP contribution in [0.1, 0.15) is 18.5 Å². The molecule has 88 valence electrons. The van der Waals surface area contributed by atoms with E-state index in [4.69, 9.17) is 5.73 Å². The minimum atomic E-state index is -3.67. The van der Waals surface area contributed by atoms with E-state index in [1.807, 2.05) is 0 Å². The molecule has 0 radical (unpaired) electrons. The number of hydrogen-bond acceptors (Lipinski definition) is 4. The van der Waals surface area contributed by atoms with Gasteiger partial charge >= 0.3 is 6.29 Å². The Morgan fingerprint density at radius 3 is 2.69 bits per heavy atom. The SMILES string of the molecule is C[C@@H](O)[C@H](N)c1cccc2c1OC(F)(F)O2. The second kappa shape index (κ2) is 3.57. The normalized spacial score (nSPS) is 20.6. The van der Waals surface area contributed by atoms with Crippen molar-refractivity contribution in [2.45, 2.75) is 25.4 Å². The molecule has 0 amide bonds. The molecule has 1 heterocycles. The Morgan fingerprint density at radius 1 is 1.38 bits per heavy atom. The molecular formula is C10H11F2NO3. The highest BCUT2D eigenvalue weighted by molar-refractivity contribution is 5.50. The Bertz CT molecular complexity index is 409. The van der Waals surface area contributed by atoms with Gasteiger partial charge in [0.1, 0.15) is 0 Å². The molecule has 0 unspecified atom stereocenters. The molecule has 0 fully saturated rings. The van der Waals surface area contributed by atoms with Gasteiger partial charge in [0.2, 0.25) is 0 Å². The van der Waals surface area contributed by atoms with Crippen molar-refractivity contribution in [2.24, 2.45) is 5.73 Å². The number of ether oxygens (including phenoxy) is 2. The Balaban J connectivity index is 2.41. The van der Waals surface area contributed by atoms with Crippen LogP contribution in [0.2, 0.25) is 0 Å². The number of benzene rings is 1. The topological polar surface area (TPSA) is 64.7 Å². The minimum Gasteiger partial charge on any atom is -0.395 e. The minimum absolute atomic E-state index is 0.0707. The molecule has 0 saturated heterocycles. The summed E-state index contributed by atoms with van der Waals surface area (Å²) in [6.45, 7) is 1.47. The molecule has 2 rings (SSSR count). The summed E-state index contributed by atoms with van der Waals surface area (Å²) in [7, 11) is 0. The monoisotopic (exact) mass is 231 g/mol. The summed E-state index contributed by atoms with van der Waals surface area (Å²) in [5.41, 5.74) is 5.96. The lowest BCUT2D eigenvalue weighted by Crippen LogP contribution is -2.27. The zero-order valence-electron chi connectivity index (χ0n) is 8.48. The van der Waals surface area contributed by atoms with Crippen molar-refractivity contribution in [3.8, 4) is 11.5 Å². The predicted octanol–water partition coefficient (Wildman–Crippen LogP) is 1.39. The summed E-state index contributed by atoms with van der Waals surface area (Å²) in [5, 5.41) is 9.33. The molecule has 0 saturated carbocycles. The van der Waals surface area contributed by atoms with E-state index < -0.39 is 18.4 Å². The quantitative estimate of drug-likeness (QED) is 0.807. The van der Waals surface area contributed by atoms with Crippen LogP contribution >= 0.6 is 0 Å². The highest BCUT2D eigenvalue weighted by Crippen LogP contribution is 2.45. The second-order valence-corrected chi connectivity index (χ2v) is 3.61. The Hall–Kier alpha value is -1.40. The molecular weight excluding hydrogens is 220 g/mol. The van der Waals surface area contributed by atoms with Crippen LogP contribution in [0.4, 0.5) is 8.78 Å². The van der Waals surface area contributed by atoms with E-state index in [1.165, 1.54) is 25.1 Å². The lowest BCUT2D eigenvalue weighted by molar-refractivity contribution is -0.287. The molecule has 16 heavy (non-hydrogen) atoms. The summed E-state index contributed by atoms with van der Waals surface area (Å²) in [4.78, 5) is 0. The Morgan fingerprint density at radius 2 is 2.06 bits per heavy atom. The molecule has 1 aliphatic rings. The van der Waals surface area contributed by atoms with Crippen LogP contribution in [0.3, 0.4) is 0 Å². The number of rotatable bonds is 2. The Labute approximate surface area is 90.6 Å². The maximum Gasteiger partial charge on any atom is 0.586 e. The summed E-state index contributed by atoms with van der Waals surface area (Å²) in [6, 6.07) is 3.59. The molecule has 0 bridgehead atoms. The van der Waals surface area contributed by atoms with Gasteiger partial charge in [-0.15, -0.1) is 8.78 Å². The summed E-state index contributed by atoms with van der Waals surface area (Å²) < 4.78 is 34.3. The average Bonchev–Trinajstić information content (AvgIpc) is 2.49. The van der Waals surface area contributed by atoms with Crippen LogP contribution in [-0.4, -0.2) is 17.5 Å². The van der Waals surface area contributed by atoms with Crippen LogP contribution in [0.15, 0.2) is 18.2 Å². The average molecular weight is 231 g/mol. The second-order valence-electron chi connectivity index (χ2n) is 3.61. The molecule has 6 heteroatoms. The lowest BCUT2D eigenvalue weighted by atomic mass is 10.0. The van der Waals surface area contributed by atoms with Gasteiger partial charge < -0.3 is 20.3 Å². The zero-order valence-corrected chi connectivity index (χ0v) is 8.48. The molecule has 3 N–H and O–H groups in total. The van der Waals surface area contributed by atoms with E-state index in [2.05, 4.69) is 9.47 Å². The zero-order chi connectivity index (χ0) is 11.9. The molecule has 0 aliphatic carbocycles. The van der Waals surface area contributed by atoms with Gasteiger partial charge in [0.15, 0.2) is 11.5 Å². The van der Waals surface area contributed by atoms with Crippen molar-refractivity contribution in [1.82, 2.24) is 0 Å². The van der Waals surface area contributed by atoms with Gasteiger partial charge in [0.05, 0.1) is 12.1 Å². The number of para-hydroxylation sites is 1. The Kier molecular flexibility index (Phi) is 2.47. The van der Waals surface area contributed by atoms with E-state index in [-0.39, 0.29) is 11.5 Å². The number of fused-ring (bicyclic) bond motifs is 1. The number of alkyl halides is 2. The number of halogens is 2. The maximum atomic E-state index is 12.8. The number of aliphatic hydroxyl groups is 1. The van der Waals surface area contributed by atoms with E-state index in [9.17, 15) is 13.9 Å². The fourth-order valence-corrected chi connectivity index (χ4v) is 1.51. The number of aliphatic hydroxyl groups excluding tert-OH is 1. The standard InChI is InChI=1S/C10H11F2NO3/c1-5(14)8(13)6-3-2-4-7-9(6)16-10(11,12)15-7/h2-5,8,14H,13H2,1H3/t5-,8+/m1/s1. The summed E-state index contributed by atoms with van der Waals surface area (Å²) in [6.07, 6.45) is -4.54. The van der Waals surface area contributed by atoms with Crippen molar-refractivity contribution >= 4 is 0 Å². The predicted molar refractivity (Wildman–Crippen MR) is 51.3 cm³/mol. The summed E-state index contributed by atoms with van der Waals surface area (Å²) in [5.74, 6) is -0.181. The smallest absolute Gasteiger partial charge is 0.395 e. The largest absolute Gasteiger partial charge is 0.586 e. The van der Waals surface area contributed by atoms with Crippen molar-refractivity contribution in [3.63, 3.8) is 0 Å². The molecule has 2 atom stereocenters. The van der Waals surface area contributed by atoms with Crippen LogP contribution in [0.25, 0.3) is 0 Å². The molecule has 1 aromatic carbocycles. The van der Waals surface area contributed by atoms with Crippen molar-refractivity contribution < 1.29 is 23.4 Å². The maximum absolute atomic E-state index is 12.8. The fraction of sp³-hybridized carbons (Fsp3) is 0.400. The van der Waals surface area contributed by atoms with Crippen LogP contribution in [-0.2, 0) is 0 Å². The van der Waals surface area contributed by atoms with Gasteiger partial charge in [-0.05, 0) is 13.0 Å². The van der Waals surface area contributed by atoms with Gasteiger partial charge in [0, 0.05) is 5.56 Å². The van der Waals surface area contributed by atoms with Crippen LogP contribution < -0.4 is 15.2 Å². The lowest BCUT2D eigenvalue weighted by Gasteiger charge is -2.16. The van der Waals surface area contributed by atoms with Crippen LogP contribution in [0, 0.1) is 0 Å². The summed E-state index contributed by atoms with van der Waals surface area (Å²) >= 11 is 0. The first-order valence-corrected chi connectivity index (χ1v) is 4.73. The van der Waals surface area contributed by atoms with Gasteiger partial charge in [-0.3, -0.25) is 0 Å². The van der Waals surface area contributed by atoms with Gasteiger partial charge in [-0.1, -0.05) is 12.1 Å². The van der Waals surface area contributed by atoms with Gasteiger partial charge in [-0.2, -0.15) is 0 Å². The van der Waals surface area contributed by atoms with E-state index in [0.717, 1.165) is 0 Å². The van der Waals surface area contributed by atoms with Crippen molar-refractivity contribution in [1.29, 1.82) is 0 Å². The first kappa shape index (κ1) is 11.1. The molecule has 0 spiro atoms. The highest BCUT2D eigenvalue weighted by Gasteiger charge is 2.45. The first-order chi connectivity index (χ1) is 7.41. The van der Waals surface area contributed by atoms with Crippen molar-refractivity contribution in [2.75, 3.05) is 0 Å². The third-order valence-corrected chi connectivity index (χ3v) is 2.34. The molecule has 0 aromatic heterocycles.